The Morgan fingerprint density at radius 1 is 1.46 bits per heavy atom. The maximum Gasteiger partial charge on any atom is 0.246 e. The third-order valence-electron chi connectivity index (χ3n) is 3.58. The lowest BCUT2D eigenvalue weighted by molar-refractivity contribution is -0.118. The minimum atomic E-state index is -0.490. The van der Waals surface area contributed by atoms with Crippen molar-refractivity contribution < 1.29 is 13.9 Å². The average Bonchev–Trinajstić information content (AvgIpc) is 3.14. The van der Waals surface area contributed by atoms with Crippen LogP contribution >= 0.6 is 0 Å². The van der Waals surface area contributed by atoms with Crippen LogP contribution in [0.25, 0.3) is 11.1 Å². The van der Waals surface area contributed by atoms with Crippen LogP contribution in [0.5, 0.6) is 0 Å². The number of ether oxygens (including phenoxy) is 1. The Hall–Kier alpha value is -2.71. The summed E-state index contributed by atoms with van der Waals surface area (Å²) in [6, 6.07) is 4.83. The molecule has 0 aliphatic heterocycles. The van der Waals surface area contributed by atoms with E-state index in [-0.39, 0.29) is 5.91 Å². The predicted molar refractivity (Wildman–Crippen MR) is 88.4 cm³/mol. The Bertz CT molecular complexity index is 854. The zero-order chi connectivity index (χ0) is 17.1. The quantitative estimate of drug-likeness (QED) is 0.713. The van der Waals surface area contributed by atoms with E-state index in [4.69, 9.17) is 9.15 Å². The number of nitrogens with one attached hydrogen (secondary N) is 2. The number of fused-ring (bicyclic) bond motifs is 1. The van der Waals surface area contributed by atoms with Gasteiger partial charge in [-0.2, -0.15) is 5.10 Å². The van der Waals surface area contributed by atoms with Gasteiger partial charge in [0.1, 0.15) is 18.2 Å². The molecule has 3 aromatic rings. The van der Waals surface area contributed by atoms with Crippen LogP contribution in [0.4, 0.5) is 5.69 Å². The van der Waals surface area contributed by atoms with Crippen molar-refractivity contribution in [3.05, 3.63) is 42.0 Å². The molecule has 2 aromatic heterocycles. The molecular formula is C16H19N5O3. The van der Waals surface area contributed by atoms with Crippen LogP contribution in [0.1, 0.15) is 17.5 Å². The van der Waals surface area contributed by atoms with Gasteiger partial charge in [-0.3, -0.25) is 9.48 Å². The molecule has 1 amide bonds. The average molecular weight is 329 g/mol. The molecule has 3 rings (SSSR count). The summed E-state index contributed by atoms with van der Waals surface area (Å²) in [5.41, 5.74) is 2.76. The number of carbonyl (C=O) groups excluding carboxylic acids is 1. The van der Waals surface area contributed by atoms with Crippen molar-refractivity contribution in [3.8, 4) is 0 Å². The third-order valence-corrected chi connectivity index (χ3v) is 3.58. The Balaban J connectivity index is 1.78. The molecule has 0 bridgehead atoms. The maximum atomic E-state index is 12.5. The van der Waals surface area contributed by atoms with Crippen LogP contribution in [0.15, 0.2) is 35.0 Å². The molecule has 0 fully saturated rings. The van der Waals surface area contributed by atoms with Crippen LogP contribution in [0.2, 0.25) is 0 Å². The van der Waals surface area contributed by atoms with Gasteiger partial charge < -0.3 is 19.8 Å². The van der Waals surface area contributed by atoms with E-state index in [1.54, 1.807) is 49.4 Å². The molecule has 0 aliphatic carbocycles. The number of nitrogens with zero attached hydrogens (tertiary/aromatic N) is 3. The lowest BCUT2D eigenvalue weighted by Crippen LogP contribution is -2.30. The summed E-state index contributed by atoms with van der Waals surface area (Å²) < 4.78 is 12.2. The van der Waals surface area contributed by atoms with Crippen molar-refractivity contribution in [2.45, 2.75) is 12.6 Å². The molecule has 2 heterocycles. The van der Waals surface area contributed by atoms with E-state index in [0.29, 0.717) is 29.3 Å². The highest BCUT2D eigenvalue weighted by atomic mass is 16.5. The Kier molecular flexibility index (Phi) is 4.59. The summed E-state index contributed by atoms with van der Waals surface area (Å²) in [4.78, 5) is 16.8. The highest BCUT2D eigenvalue weighted by molar-refractivity contribution is 5.96. The fourth-order valence-electron chi connectivity index (χ4n) is 2.49. The highest BCUT2D eigenvalue weighted by Crippen LogP contribution is 2.22. The van der Waals surface area contributed by atoms with Crippen molar-refractivity contribution in [1.29, 1.82) is 0 Å². The Morgan fingerprint density at radius 2 is 2.29 bits per heavy atom. The smallest absolute Gasteiger partial charge is 0.246 e. The highest BCUT2D eigenvalue weighted by Gasteiger charge is 2.20. The summed E-state index contributed by atoms with van der Waals surface area (Å²) in [6.45, 7) is 0.305. The van der Waals surface area contributed by atoms with E-state index in [0.717, 1.165) is 5.56 Å². The van der Waals surface area contributed by atoms with Gasteiger partial charge in [0.2, 0.25) is 11.8 Å². The topological polar surface area (TPSA) is 94.2 Å². The number of anilines is 1. The molecule has 1 unspecified atom stereocenters. The Morgan fingerprint density at radius 3 is 2.96 bits per heavy atom. The fraction of sp³-hybridized carbons (Fsp3) is 0.312. The first-order valence-electron chi connectivity index (χ1n) is 7.46. The minimum Gasteiger partial charge on any atom is -0.438 e. The monoisotopic (exact) mass is 329 g/mol. The van der Waals surface area contributed by atoms with Crippen molar-refractivity contribution in [2.24, 2.45) is 7.05 Å². The third kappa shape index (κ3) is 3.29. The van der Waals surface area contributed by atoms with E-state index >= 15 is 0 Å². The van der Waals surface area contributed by atoms with E-state index in [2.05, 4.69) is 20.7 Å². The number of hydrogen-bond acceptors (Lipinski definition) is 6. The summed E-state index contributed by atoms with van der Waals surface area (Å²) in [7, 11) is 5.12. The van der Waals surface area contributed by atoms with Gasteiger partial charge in [-0.05, 0) is 25.2 Å². The molecule has 0 aliphatic rings. The lowest BCUT2D eigenvalue weighted by Gasteiger charge is -2.14. The van der Waals surface area contributed by atoms with Crippen LogP contribution in [0.3, 0.4) is 0 Å². The number of amides is 1. The zero-order valence-electron chi connectivity index (χ0n) is 13.7. The summed E-state index contributed by atoms with van der Waals surface area (Å²) in [5, 5.41) is 9.97. The molecule has 0 spiro atoms. The first-order valence-corrected chi connectivity index (χ1v) is 7.46. The fourth-order valence-corrected chi connectivity index (χ4v) is 2.49. The van der Waals surface area contributed by atoms with E-state index < -0.39 is 6.04 Å². The summed E-state index contributed by atoms with van der Waals surface area (Å²) in [6.07, 6.45) is 3.47. The SMILES string of the molecule is CNC(C(=O)Nc1ccc2oc(COC)nc2c1)c1cnn(C)c1. The predicted octanol–water partition coefficient (Wildman–Crippen LogP) is 1.61. The van der Waals surface area contributed by atoms with Gasteiger partial charge in [0, 0.05) is 31.6 Å². The van der Waals surface area contributed by atoms with E-state index in [1.807, 2.05) is 7.05 Å². The van der Waals surface area contributed by atoms with E-state index in [1.165, 1.54) is 0 Å². The van der Waals surface area contributed by atoms with Gasteiger partial charge in [-0.1, -0.05) is 0 Å². The molecule has 8 nitrogen and oxygen atoms in total. The number of methoxy groups -OCH3 is 1. The first-order chi connectivity index (χ1) is 11.6. The molecule has 1 aromatic carbocycles. The molecule has 2 N–H and O–H groups in total. The molecule has 24 heavy (non-hydrogen) atoms. The number of hydrogen-bond donors (Lipinski definition) is 2. The van der Waals surface area contributed by atoms with Gasteiger partial charge in [-0.15, -0.1) is 0 Å². The summed E-state index contributed by atoms with van der Waals surface area (Å²) in [5.74, 6) is 0.324. The maximum absolute atomic E-state index is 12.5. The standard InChI is InChI=1S/C16H19N5O3/c1-17-15(10-7-18-21(2)8-10)16(22)19-11-4-5-13-12(6-11)20-14(24-13)9-23-3/h4-8,15,17H,9H2,1-3H3,(H,19,22). The van der Waals surface area contributed by atoms with Crippen molar-refractivity contribution in [2.75, 3.05) is 19.5 Å². The van der Waals surface area contributed by atoms with Crippen LogP contribution < -0.4 is 10.6 Å². The second-order valence-electron chi connectivity index (χ2n) is 5.38. The molecular weight excluding hydrogens is 310 g/mol. The number of aryl methyl sites for hydroxylation is 1. The number of oxazole rings is 1. The van der Waals surface area contributed by atoms with Gasteiger partial charge in [0.05, 0.1) is 6.20 Å². The van der Waals surface area contributed by atoms with Crippen molar-refractivity contribution >= 4 is 22.7 Å². The van der Waals surface area contributed by atoms with Crippen LogP contribution in [0, 0.1) is 0 Å². The minimum absolute atomic E-state index is 0.176. The molecule has 126 valence electrons. The molecule has 0 radical (unpaired) electrons. The Labute approximate surface area is 138 Å². The summed E-state index contributed by atoms with van der Waals surface area (Å²) >= 11 is 0. The van der Waals surface area contributed by atoms with Gasteiger partial charge in [-0.25, -0.2) is 4.98 Å². The lowest BCUT2D eigenvalue weighted by atomic mass is 10.1. The first kappa shape index (κ1) is 16.2. The number of aromatic nitrogens is 3. The number of likely N-dealkylation sites (N-methyl/N-ethyl adjacent to an activating group) is 1. The number of benzene rings is 1. The van der Waals surface area contributed by atoms with E-state index in [9.17, 15) is 4.79 Å². The van der Waals surface area contributed by atoms with Gasteiger partial charge in [0.25, 0.3) is 0 Å². The molecule has 8 heteroatoms. The zero-order valence-corrected chi connectivity index (χ0v) is 13.7. The van der Waals surface area contributed by atoms with Crippen molar-refractivity contribution in [1.82, 2.24) is 20.1 Å². The van der Waals surface area contributed by atoms with Gasteiger partial charge in [0.15, 0.2) is 5.58 Å². The van der Waals surface area contributed by atoms with Crippen LogP contribution in [-0.2, 0) is 23.2 Å². The molecule has 0 saturated carbocycles. The van der Waals surface area contributed by atoms with Gasteiger partial charge >= 0.3 is 0 Å². The number of rotatable bonds is 6. The molecule has 0 saturated heterocycles. The number of carbonyl (C=O) groups is 1. The second-order valence-corrected chi connectivity index (χ2v) is 5.38. The largest absolute Gasteiger partial charge is 0.438 e. The van der Waals surface area contributed by atoms with Crippen molar-refractivity contribution in [3.63, 3.8) is 0 Å². The normalized spacial score (nSPS) is 12.5. The van der Waals surface area contributed by atoms with Crippen LogP contribution in [-0.4, -0.2) is 34.8 Å². The second kappa shape index (κ2) is 6.81. The molecule has 1 atom stereocenters.